The summed E-state index contributed by atoms with van der Waals surface area (Å²) >= 11 is 0. The van der Waals surface area contributed by atoms with Crippen LogP contribution >= 0.6 is 0 Å². The second-order valence-corrected chi connectivity index (χ2v) is 10.4. The molecule has 0 spiro atoms. The lowest BCUT2D eigenvalue weighted by atomic mass is 10.1. The van der Waals surface area contributed by atoms with Crippen molar-refractivity contribution in [2.75, 3.05) is 138 Å². The van der Waals surface area contributed by atoms with Gasteiger partial charge in [-0.1, -0.05) is 18.2 Å². The molecule has 0 aliphatic carbocycles. The molecule has 0 saturated heterocycles. The van der Waals surface area contributed by atoms with Gasteiger partial charge in [0.2, 0.25) is 0 Å². The maximum absolute atomic E-state index is 13.0. The number of carbonyl (C=O) groups excluding carboxylic acids is 2. The molecule has 52 heavy (non-hydrogen) atoms. The van der Waals surface area contributed by atoms with E-state index in [1.165, 1.54) is 25.3 Å². The smallest absolute Gasteiger partial charge is 0.416 e. The molecule has 2 rings (SSSR count). The van der Waals surface area contributed by atoms with Gasteiger partial charge in [0.25, 0.3) is 0 Å². The van der Waals surface area contributed by atoms with Crippen LogP contribution in [-0.2, 0) is 63.1 Å². The molecule has 0 amide bonds. The molecule has 0 bridgehead atoms. The zero-order valence-corrected chi connectivity index (χ0v) is 29.5. The van der Waals surface area contributed by atoms with Crippen LogP contribution in [0.4, 0.5) is 24.5 Å². The van der Waals surface area contributed by atoms with Crippen LogP contribution in [0.2, 0.25) is 0 Å². The van der Waals surface area contributed by atoms with E-state index >= 15 is 0 Å². The summed E-state index contributed by atoms with van der Waals surface area (Å²) in [6.07, 6.45) is -4.48. The highest BCUT2D eigenvalue weighted by Gasteiger charge is 2.30. The van der Waals surface area contributed by atoms with Crippen molar-refractivity contribution in [2.45, 2.75) is 6.18 Å². The normalized spacial score (nSPS) is 11.5. The molecular weight excluding hydrogens is 699 g/mol. The first-order chi connectivity index (χ1) is 25.3. The molecule has 0 aromatic heterocycles. The summed E-state index contributed by atoms with van der Waals surface area (Å²) in [6, 6.07) is 11.1. The van der Waals surface area contributed by atoms with E-state index < -0.39 is 23.7 Å². The van der Waals surface area contributed by atoms with E-state index in [0.717, 1.165) is 12.1 Å². The minimum absolute atomic E-state index is 0.00725. The number of benzene rings is 2. The standard InChI is InChI=1S/C35H50F3NO13/c1-42-33(40)28-51-24-23-49-20-19-47-16-15-45-12-11-43-9-10-44-13-14-46-17-18-48-21-22-50-25-26-52-34(41)31-7-2-3-8-32(31)39-30-6-4-5-29(27-30)35(36,37)38/h2-8,27,39H,9-26,28H2,1H3. The largest absolute Gasteiger partial charge is 0.467 e. The highest BCUT2D eigenvalue weighted by Crippen LogP contribution is 2.32. The van der Waals surface area contributed by atoms with Crippen molar-refractivity contribution in [3.8, 4) is 0 Å². The van der Waals surface area contributed by atoms with Crippen LogP contribution in [0.3, 0.4) is 0 Å². The van der Waals surface area contributed by atoms with Crippen LogP contribution in [0, 0.1) is 0 Å². The summed E-state index contributed by atoms with van der Waals surface area (Å²) in [5, 5.41) is 2.85. The van der Waals surface area contributed by atoms with E-state index in [-0.39, 0.29) is 31.1 Å². The molecule has 0 aliphatic rings. The van der Waals surface area contributed by atoms with Crippen molar-refractivity contribution >= 4 is 23.3 Å². The van der Waals surface area contributed by atoms with E-state index in [1.54, 1.807) is 18.2 Å². The maximum Gasteiger partial charge on any atom is 0.416 e. The summed E-state index contributed by atoms with van der Waals surface area (Å²) in [4.78, 5) is 23.4. The molecule has 0 fully saturated rings. The van der Waals surface area contributed by atoms with E-state index in [4.69, 9.17) is 47.4 Å². The number of methoxy groups -OCH3 is 1. The number of carbonyl (C=O) groups is 2. The monoisotopic (exact) mass is 749 g/mol. The topological polar surface area (TPSA) is 148 Å². The number of hydrogen-bond donors (Lipinski definition) is 1. The molecule has 294 valence electrons. The minimum Gasteiger partial charge on any atom is -0.467 e. The average molecular weight is 750 g/mol. The van der Waals surface area contributed by atoms with Gasteiger partial charge in [-0.3, -0.25) is 0 Å². The number of nitrogens with one attached hydrogen (secondary N) is 1. The number of esters is 2. The number of alkyl halides is 3. The lowest BCUT2D eigenvalue weighted by Crippen LogP contribution is -2.16. The Morgan fingerprint density at radius 2 is 0.981 bits per heavy atom. The Hall–Kier alpha value is -3.39. The van der Waals surface area contributed by atoms with Gasteiger partial charge >= 0.3 is 18.1 Å². The van der Waals surface area contributed by atoms with E-state index in [2.05, 4.69) is 10.1 Å². The molecule has 2 aromatic carbocycles. The second-order valence-electron chi connectivity index (χ2n) is 10.4. The molecule has 1 N–H and O–H groups in total. The molecule has 0 aliphatic heterocycles. The molecule has 14 nitrogen and oxygen atoms in total. The van der Waals surface area contributed by atoms with Crippen molar-refractivity contribution in [3.63, 3.8) is 0 Å². The number of ether oxygens (including phenoxy) is 11. The van der Waals surface area contributed by atoms with Gasteiger partial charge in [-0.05, 0) is 30.3 Å². The molecule has 0 unspecified atom stereocenters. The summed E-state index contributed by atoms with van der Waals surface area (Å²) in [5.74, 6) is -1.06. The van der Waals surface area contributed by atoms with Gasteiger partial charge in [0.15, 0.2) is 0 Å². The molecule has 17 heteroatoms. The molecule has 0 radical (unpaired) electrons. The summed E-state index contributed by atoms with van der Waals surface area (Å²) in [6.45, 7) is 6.49. The zero-order chi connectivity index (χ0) is 37.5. The van der Waals surface area contributed by atoms with E-state index in [9.17, 15) is 22.8 Å². The fourth-order valence-electron chi connectivity index (χ4n) is 3.94. The van der Waals surface area contributed by atoms with Crippen LogP contribution in [0.25, 0.3) is 0 Å². The van der Waals surface area contributed by atoms with Gasteiger partial charge in [-0.2, -0.15) is 13.2 Å². The van der Waals surface area contributed by atoms with Crippen LogP contribution in [0.1, 0.15) is 15.9 Å². The zero-order valence-electron chi connectivity index (χ0n) is 29.5. The highest BCUT2D eigenvalue weighted by atomic mass is 19.4. The Morgan fingerprint density at radius 1 is 0.558 bits per heavy atom. The van der Waals surface area contributed by atoms with Crippen LogP contribution in [0.5, 0.6) is 0 Å². The Kier molecular flexibility index (Phi) is 25.1. The minimum atomic E-state index is -4.48. The summed E-state index contributed by atoms with van der Waals surface area (Å²) in [5.41, 5.74) is -0.107. The van der Waals surface area contributed by atoms with Crippen LogP contribution in [0.15, 0.2) is 48.5 Å². The van der Waals surface area contributed by atoms with Gasteiger partial charge < -0.3 is 57.4 Å². The third kappa shape index (κ3) is 22.5. The predicted octanol–water partition coefficient (Wildman–Crippen LogP) is 3.93. The molecule has 0 saturated carbocycles. The van der Waals surface area contributed by atoms with Crippen LogP contribution in [-0.4, -0.2) is 145 Å². The van der Waals surface area contributed by atoms with Crippen molar-refractivity contribution < 1.29 is 74.9 Å². The van der Waals surface area contributed by atoms with Gasteiger partial charge in [0, 0.05) is 5.69 Å². The Morgan fingerprint density at radius 3 is 1.42 bits per heavy atom. The third-order valence-electron chi connectivity index (χ3n) is 6.50. The van der Waals surface area contributed by atoms with E-state index in [0.29, 0.717) is 111 Å². The predicted molar refractivity (Wildman–Crippen MR) is 181 cm³/mol. The first-order valence-electron chi connectivity index (χ1n) is 16.8. The lowest BCUT2D eigenvalue weighted by molar-refractivity contribution is -0.146. The summed E-state index contributed by atoms with van der Waals surface area (Å²) < 4.78 is 97.2. The number of rotatable bonds is 32. The quantitative estimate of drug-likeness (QED) is 0.0851. The highest BCUT2D eigenvalue weighted by molar-refractivity contribution is 5.96. The number of anilines is 2. The van der Waals surface area contributed by atoms with E-state index in [1.807, 2.05) is 0 Å². The van der Waals surface area contributed by atoms with Gasteiger partial charge in [-0.15, -0.1) is 0 Å². The first kappa shape index (κ1) is 44.8. The molecule has 0 atom stereocenters. The van der Waals surface area contributed by atoms with Crippen molar-refractivity contribution in [1.29, 1.82) is 0 Å². The fraction of sp³-hybridized carbons (Fsp3) is 0.600. The van der Waals surface area contributed by atoms with Gasteiger partial charge in [0.1, 0.15) is 13.2 Å². The molecular formula is C35H50F3NO13. The average Bonchev–Trinajstić information content (AvgIpc) is 3.14. The number of halogens is 3. The Labute approximate surface area is 302 Å². The summed E-state index contributed by atoms with van der Waals surface area (Å²) in [7, 11) is 1.30. The lowest BCUT2D eigenvalue weighted by Gasteiger charge is -2.13. The van der Waals surface area contributed by atoms with Crippen molar-refractivity contribution in [2.24, 2.45) is 0 Å². The Bertz CT molecular complexity index is 1220. The second kappa shape index (κ2) is 29.1. The SMILES string of the molecule is COC(=O)COCCOCCOCCOCCOCCOCCOCCOCCOCCOC(=O)c1ccccc1Nc1cccc(C(F)(F)F)c1. The third-order valence-corrected chi connectivity index (χ3v) is 6.50. The van der Waals surface area contributed by atoms with Crippen molar-refractivity contribution in [1.82, 2.24) is 0 Å². The first-order valence-corrected chi connectivity index (χ1v) is 16.8. The van der Waals surface area contributed by atoms with Gasteiger partial charge in [-0.25, -0.2) is 9.59 Å². The number of para-hydroxylation sites is 1. The number of hydrogen-bond acceptors (Lipinski definition) is 14. The fourth-order valence-corrected chi connectivity index (χ4v) is 3.94. The molecule has 2 aromatic rings. The van der Waals surface area contributed by atoms with Crippen molar-refractivity contribution in [3.05, 3.63) is 59.7 Å². The van der Waals surface area contributed by atoms with Gasteiger partial charge in [0.05, 0.1) is 136 Å². The maximum atomic E-state index is 13.0. The Balaban J connectivity index is 1.31. The van der Waals surface area contributed by atoms with Crippen LogP contribution < -0.4 is 5.32 Å². The molecule has 0 heterocycles.